The lowest BCUT2D eigenvalue weighted by Crippen LogP contribution is -2.12. The molecule has 1 N–H and O–H groups in total. The molecule has 0 bridgehead atoms. The molecule has 0 radical (unpaired) electrons. The second-order valence-corrected chi connectivity index (χ2v) is 4.89. The average Bonchev–Trinajstić information content (AvgIpc) is 2.48. The van der Waals surface area contributed by atoms with Crippen molar-refractivity contribution in [2.45, 2.75) is 20.3 Å². The van der Waals surface area contributed by atoms with Gasteiger partial charge in [-0.25, -0.2) is 24.7 Å². The van der Waals surface area contributed by atoms with Crippen molar-refractivity contribution in [1.29, 1.82) is 0 Å². The zero-order valence-electron chi connectivity index (χ0n) is 12.2. The first kappa shape index (κ1) is 14.8. The molecule has 2 heterocycles. The fraction of sp³-hybridized carbons (Fsp3) is 0.357. The predicted molar refractivity (Wildman–Crippen MR) is 77.2 cm³/mol. The van der Waals surface area contributed by atoms with E-state index in [2.05, 4.69) is 39.1 Å². The molecule has 0 aromatic carbocycles. The Bertz CT molecular complexity index is 616. The number of hydrogen-bond donors (Lipinski definition) is 1. The molecule has 7 heteroatoms. The normalized spacial score (nSPS) is 10.5. The molecule has 0 aliphatic rings. The Morgan fingerprint density at radius 1 is 1.29 bits per heavy atom. The number of rotatable bonds is 5. The number of methoxy groups -OCH3 is 1. The highest BCUT2D eigenvalue weighted by Crippen LogP contribution is 2.19. The number of carbonyl (C=O) groups is 1. The SMILES string of the molecule is COC(=O)c1nc(CC(C)C)ncc1Nc1cncnc1. The van der Waals surface area contributed by atoms with Gasteiger partial charge in [-0.15, -0.1) is 0 Å². The van der Waals surface area contributed by atoms with Gasteiger partial charge < -0.3 is 10.1 Å². The Kier molecular flexibility index (Phi) is 4.76. The number of ether oxygens (including phenoxy) is 1. The van der Waals surface area contributed by atoms with E-state index in [1.807, 2.05) is 0 Å². The highest BCUT2D eigenvalue weighted by Gasteiger charge is 2.16. The third-order valence-electron chi connectivity index (χ3n) is 2.65. The van der Waals surface area contributed by atoms with Crippen molar-refractivity contribution in [3.63, 3.8) is 0 Å². The van der Waals surface area contributed by atoms with Crippen molar-refractivity contribution >= 4 is 17.3 Å². The molecule has 2 aromatic heterocycles. The van der Waals surface area contributed by atoms with Gasteiger partial charge in [0.25, 0.3) is 0 Å². The van der Waals surface area contributed by atoms with Crippen molar-refractivity contribution in [2.24, 2.45) is 5.92 Å². The summed E-state index contributed by atoms with van der Waals surface area (Å²) >= 11 is 0. The highest BCUT2D eigenvalue weighted by atomic mass is 16.5. The Labute approximate surface area is 122 Å². The van der Waals surface area contributed by atoms with Crippen LogP contribution in [0.1, 0.15) is 30.2 Å². The van der Waals surface area contributed by atoms with E-state index in [1.54, 1.807) is 18.6 Å². The van der Waals surface area contributed by atoms with Crippen LogP contribution in [0.25, 0.3) is 0 Å². The second-order valence-electron chi connectivity index (χ2n) is 4.89. The summed E-state index contributed by atoms with van der Waals surface area (Å²) in [4.78, 5) is 28.2. The van der Waals surface area contributed by atoms with Crippen LogP contribution >= 0.6 is 0 Å². The first-order valence-electron chi connectivity index (χ1n) is 6.56. The molecule has 0 saturated carbocycles. The molecule has 2 aromatic rings. The van der Waals surface area contributed by atoms with Gasteiger partial charge in [-0.2, -0.15) is 0 Å². The third kappa shape index (κ3) is 3.95. The minimum atomic E-state index is -0.512. The van der Waals surface area contributed by atoms with Gasteiger partial charge in [-0.05, 0) is 5.92 Å². The van der Waals surface area contributed by atoms with Crippen LogP contribution in [0, 0.1) is 5.92 Å². The van der Waals surface area contributed by atoms with Crippen LogP contribution in [0.5, 0.6) is 0 Å². The number of nitrogens with one attached hydrogen (secondary N) is 1. The van der Waals surface area contributed by atoms with Crippen molar-refractivity contribution in [2.75, 3.05) is 12.4 Å². The van der Waals surface area contributed by atoms with Gasteiger partial charge in [0, 0.05) is 6.42 Å². The van der Waals surface area contributed by atoms with Crippen LogP contribution in [0.15, 0.2) is 24.9 Å². The van der Waals surface area contributed by atoms with E-state index in [9.17, 15) is 4.79 Å². The quantitative estimate of drug-likeness (QED) is 0.841. The van der Waals surface area contributed by atoms with E-state index < -0.39 is 5.97 Å². The van der Waals surface area contributed by atoms with Gasteiger partial charge >= 0.3 is 5.97 Å². The maximum absolute atomic E-state index is 11.9. The number of anilines is 2. The summed E-state index contributed by atoms with van der Waals surface area (Å²) in [6, 6.07) is 0. The molecule has 0 aliphatic heterocycles. The van der Waals surface area contributed by atoms with Crippen molar-refractivity contribution in [3.05, 3.63) is 36.4 Å². The van der Waals surface area contributed by atoms with Gasteiger partial charge in [-0.1, -0.05) is 13.8 Å². The first-order chi connectivity index (χ1) is 10.1. The summed E-state index contributed by atoms with van der Waals surface area (Å²) in [5.41, 5.74) is 1.30. The number of esters is 1. The number of hydrogen-bond acceptors (Lipinski definition) is 7. The highest BCUT2D eigenvalue weighted by molar-refractivity contribution is 5.94. The maximum atomic E-state index is 11.9. The van der Waals surface area contributed by atoms with E-state index in [-0.39, 0.29) is 5.69 Å². The van der Waals surface area contributed by atoms with Gasteiger partial charge in [0.05, 0.1) is 37.1 Å². The second kappa shape index (κ2) is 6.74. The average molecular weight is 287 g/mol. The largest absolute Gasteiger partial charge is 0.464 e. The van der Waals surface area contributed by atoms with Gasteiger partial charge in [0.1, 0.15) is 12.2 Å². The molecular weight excluding hydrogens is 270 g/mol. The van der Waals surface area contributed by atoms with E-state index in [0.29, 0.717) is 29.5 Å². The third-order valence-corrected chi connectivity index (χ3v) is 2.65. The van der Waals surface area contributed by atoms with E-state index >= 15 is 0 Å². The lowest BCUT2D eigenvalue weighted by Gasteiger charge is -2.11. The lowest BCUT2D eigenvalue weighted by molar-refractivity contribution is 0.0594. The van der Waals surface area contributed by atoms with Crippen LogP contribution in [0.4, 0.5) is 11.4 Å². The molecule has 0 fully saturated rings. The molecule has 21 heavy (non-hydrogen) atoms. The standard InChI is InChI=1S/C14H17N5O2/c1-9(2)4-12-17-7-11(13(19-12)14(20)21-3)18-10-5-15-8-16-6-10/h5-9,18H,4H2,1-3H3. The summed E-state index contributed by atoms with van der Waals surface area (Å²) in [6.45, 7) is 4.13. The number of carbonyl (C=O) groups excluding carboxylic acids is 1. The van der Waals surface area contributed by atoms with Crippen LogP contribution in [-0.2, 0) is 11.2 Å². The molecule has 0 spiro atoms. The Morgan fingerprint density at radius 2 is 2.00 bits per heavy atom. The smallest absolute Gasteiger partial charge is 0.358 e. The van der Waals surface area contributed by atoms with Gasteiger partial charge in [0.15, 0.2) is 5.69 Å². The minimum absolute atomic E-state index is 0.201. The lowest BCUT2D eigenvalue weighted by atomic mass is 10.1. The summed E-state index contributed by atoms with van der Waals surface area (Å²) in [5, 5.41) is 3.02. The zero-order chi connectivity index (χ0) is 15.2. The molecule has 0 aliphatic carbocycles. The Morgan fingerprint density at radius 3 is 2.62 bits per heavy atom. The van der Waals surface area contributed by atoms with E-state index in [1.165, 1.54) is 13.4 Å². The van der Waals surface area contributed by atoms with Crippen LogP contribution in [0.2, 0.25) is 0 Å². The minimum Gasteiger partial charge on any atom is -0.464 e. The van der Waals surface area contributed by atoms with Crippen molar-refractivity contribution in [3.8, 4) is 0 Å². The molecule has 7 nitrogen and oxygen atoms in total. The monoisotopic (exact) mass is 287 g/mol. The molecule has 0 unspecified atom stereocenters. The molecule has 2 rings (SSSR count). The fourth-order valence-electron chi connectivity index (χ4n) is 1.74. The molecule has 0 amide bonds. The van der Waals surface area contributed by atoms with Crippen molar-refractivity contribution in [1.82, 2.24) is 19.9 Å². The summed E-state index contributed by atoms with van der Waals surface area (Å²) < 4.78 is 4.77. The van der Waals surface area contributed by atoms with Crippen LogP contribution in [-0.4, -0.2) is 33.0 Å². The zero-order valence-corrected chi connectivity index (χ0v) is 12.2. The Hall–Kier alpha value is -2.57. The van der Waals surface area contributed by atoms with Gasteiger partial charge in [0.2, 0.25) is 0 Å². The molecular formula is C14H17N5O2. The van der Waals surface area contributed by atoms with Crippen LogP contribution in [0.3, 0.4) is 0 Å². The first-order valence-corrected chi connectivity index (χ1v) is 6.56. The van der Waals surface area contributed by atoms with E-state index in [0.717, 1.165) is 0 Å². The van der Waals surface area contributed by atoms with Crippen molar-refractivity contribution < 1.29 is 9.53 Å². The number of nitrogens with zero attached hydrogens (tertiary/aromatic N) is 4. The molecule has 110 valence electrons. The topological polar surface area (TPSA) is 89.9 Å². The van der Waals surface area contributed by atoms with E-state index in [4.69, 9.17) is 4.74 Å². The Balaban J connectivity index is 2.33. The predicted octanol–water partition coefficient (Wildman–Crippen LogP) is 2.00. The summed E-state index contributed by atoms with van der Waals surface area (Å²) in [6.07, 6.45) is 6.88. The molecule has 0 atom stereocenters. The summed E-state index contributed by atoms with van der Waals surface area (Å²) in [5.74, 6) is 0.499. The van der Waals surface area contributed by atoms with Crippen LogP contribution < -0.4 is 5.32 Å². The van der Waals surface area contributed by atoms with Gasteiger partial charge in [-0.3, -0.25) is 0 Å². The fourth-order valence-corrected chi connectivity index (χ4v) is 1.74. The molecule has 0 saturated heterocycles. The maximum Gasteiger partial charge on any atom is 0.358 e. The summed E-state index contributed by atoms with van der Waals surface area (Å²) in [7, 11) is 1.32. The number of aromatic nitrogens is 4.